The summed E-state index contributed by atoms with van der Waals surface area (Å²) in [7, 11) is -2.62. The molecule has 2 heterocycles. The normalized spacial score (nSPS) is 13.0. The van der Waals surface area contributed by atoms with Gasteiger partial charge in [-0.15, -0.1) is 11.3 Å². The first-order chi connectivity index (χ1) is 10.5. The third kappa shape index (κ3) is 3.93. The van der Waals surface area contributed by atoms with Crippen LogP contribution in [0.5, 0.6) is 0 Å². The number of nitrogens with one attached hydrogen (secondary N) is 1. The van der Waals surface area contributed by atoms with Crippen LogP contribution in [0.1, 0.15) is 27.8 Å². The van der Waals surface area contributed by atoms with E-state index in [4.69, 9.17) is 0 Å². The summed E-state index contributed by atoms with van der Waals surface area (Å²) < 4.78 is 31.4. The van der Waals surface area contributed by atoms with Gasteiger partial charge in [0.15, 0.2) is 0 Å². The Morgan fingerprint density at radius 1 is 1.41 bits per heavy atom. The average Bonchev–Trinajstić information content (AvgIpc) is 3.17. The molecule has 1 unspecified atom stereocenters. The first-order valence-corrected chi connectivity index (χ1v) is 9.62. The quantitative estimate of drug-likeness (QED) is 0.736. The van der Waals surface area contributed by atoms with Crippen LogP contribution in [0.25, 0.3) is 0 Å². The van der Waals surface area contributed by atoms with Gasteiger partial charge in [0.25, 0.3) is 0 Å². The number of aliphatic hydroxyl groups excluding tert-OH is 1. The summed E-state index contributed by atoms with van der Waals surface area (Å²) >= 11 is 2.47. The number of sulfonamides is 1. The van der Waals surface area contributed by atoms with Crippen molar-refractivity contribution in [2.75, 3.05) is 13.7 Å². The van der Waals surface area contributed by atoms with Crippen molar-refractivity contribution >= 4 is 38.7 Å². The molecule has 1 atom stereocenters. The van der Waals surface area contributed by atoms with Crippen molar-refractivity contribution in [1.82, 2.24) is 4.72 Å². The second-order valence-electron chi connectivity index (χ2n) is 4.36. The van der Waals surface area contributed by atoms with Crippen LogP contribution < -0.4 is 4.72 Å². The van der Waals surface area contributed by atoms with Crippen LogP contribution in [0.3, 0.4) is 0 Å². The van der Waals surface area contributed by atoms with Crippen molar-refractivity contribution in [1.29, 1.82) is 0 Å². The van der Waals surface area contributed by atoms with Gasteiger partial charge in [0, 0.05) is 6.54 Å². The molecule has 2 aromatic heterocycles. The molecule has 0 aliphatic rings. The molecule has 0 fully saturated rings. The van der Waals surface area contributed by atoms with E-state index in [1.807, 2.05) is 10.8 Å². The number of methoxy groups -OCH3 is 1. The predicted molar refractivity (Wildman–Crippen MR) is 84.7 cm³/mol. The lowest BCUT2D eigenvalue weighted by molar-refractivity contribution is 0.0602. The Bertz CT molecular complexity index is 721. The molecule has 0 aliphatic heterocycles. The fraction of sp³-hybridized carbons (Fsp3) is 0.308. The summed E-state index contributed by atoms with van der Waals surface area (Å²) in [5.74, 6) is -0.686. The summed E-state index contributed by atoms with van der Waals surface area (Å²) in [6.07, 6.45) is -0.482. The van der Waals surface area contributed by atoms with Gasteiger partial charge in [0.1, 0.15) is 9.77 Å². The molecule has 0 saturated heterocycles. The number of carbonyl (C=O) groups excluding carboxylic acids is 1. The van der Waals surface area contributed by atoms with E-state index in [9.17, 15) is 18.3 Å². The second-order valence-corrected chi connectivity index (χ2v) is 7.80. The number of hydrogen-bond acceptors (Lipinski definition) is 7. The summed E-state index contributed by atoms with van der Waals surface area (Å²) in [6, 6.07) is 3.15. The standard InChI is InChI=1S/C13H15NO5S3/c1-19-13(16)12-11(4-7-21-12)22(17,18)14-5-2-10(15)9-3-6-20-8-9/h3-4,6-8,10,14-15H,2,5H2,1H3. The SMILES string of the molecule is COC(=O)c1sccc1S(=O)(=O)NCCC(O)c1ccsc1. The van der Waals surface area contributed by atoms with Gasteiger partial charge in [0.05, 0.1) is 13.2 Å². The molecule has 6 nitrogen and oxygen atoms in total. The lowest BCUT2D eigenvalue weighted by Crippen LogP contribution is -2.26. The monoisotopic (exact) mass is 361 g/mol. The van der Waals surface area contributed by atoms with Crippen molar-refractivity contribution in [3.63, 3.8) is 0 Å². The highest BCUT2D eigenvalue weighted by molar-refractivity contribution is 7.89. The zero-order valence-corrected chi connectivity index (χ0v) is 14.1. The minimum absolute atomic E-state index is 0.0355. The smallest absolute Gasteiger partial charge is 0.349 e. The van der Waals surface area contributed by atoms with Gasteiger partial charge >= 0.3 is 5.97 Å². The molecule has 22 heavy (non-hydrogen) atoms. The molecule has 0 aliphatic carbocycles. The summed E-state index contributed by atoms with van der Waals surface area (Å²) in [5, 5.41) is 15.1. The Hall–Kier alpha value is -1.26. The summed E-state index contributed by atoms with van der Waals surface area (Å²) in [5.41, 5.74) is 0.759. The number of thiophene rings is 2. The number of carbonyl (C=O) groups is 1. The molecular weight excluding hydrogens is 346 g/mol. The molecule has 0 amide bonds. The van der Waals surface area contributed by atoms with Gasteiger partial charge in [-0.05, 0) is 40.3 Å². The number of esters is 1. The van der Waals surface area contributed by atoms with Gasteiger partial charge in [-0.2, -0.15) is 11.3 Å². The van der Waals surface area contributed by atoms with Gasteiger partial charge in [-0.25, -0.2) is 17.9 Å². The van der Waals surface area contributed by atoms with Crippen LogP contribution in [0.15, 0.2) is 33.2 Å². The molecule has 2 N–H and O–H groups in total. The zero-order valence-electron chi connectivity index (χ0n) is 11.7. The highest BCUT2D eigenvalue weighted by Gasteiger charge is 2.24. The average molecular weight is 361 g/mol. The minimum Gasteiger partial charge on any atom is -0.465 e. The van der Waals surface area contributed by atoms with Crippen molar-refractivity contribution in [3.8, 4) is 0 Å². The Kier molecular flexibility index (Phi) is 5.70. The second kappa shape index (κ2) is 7.34. The van der Waals surface area contributed by atoms with Crippen molar-refractivity contribution in [2.45, 2.75) is 17.4 Å². The fourth-order valence-corrected chi connectivity index (χ4v) is 4.88. The fourth-order valence-electron chi connectivity index (χ4n) is 1.79. The highest BCUT2D eigenvalue weighted by Crippen LogP contribution is 2.23. The van der Waals surface area contributed by atoms with Crippen LogP contribution in [0, 0.1) is 0 Å². The number of rotatable bonds is 7. The predicted octanol–water partition coefficient (Wildman–Crippen LogP) is 2.00. The van der Waals surface area contributed by atoms with Crippen LogP contribution in [-0.2, 0) is 14.8 Å². The molecule has 0 radical (unpaired) electrons. The van der Waals surface area contributed by atoms with Gasteiger partial charge < -0.3 is 9.84 Å². The van der Waals surface area contributed by atoms with E-state index in [1.165, 1.54) is 29.9 Å². The first kappa shape index (κ1) is 17.1. The summed E-state index contributed by atoms with van der Waals surface area (Å²) in [6.45, 7) is 0.0653. The number of aliphatic hydroxyl groups is 1. The van der Waals surface area contributed by atoms with Crippen LogP contribution in [0.4, 0.5) is 0 Å². The van der Waals surface area contributed by atoms with E-state index in [0.29, 0.717) is 0 Å². The molecule has 2 aromatic rings. The van der Waals surface area contributed by atoms with Crippen LogP contribution >= 0.6 is 22.7 Å². The van der Waals surface area contributed by atoms with Crippen molar-refractivity contribution in [3.05, 3.63) is 38.7 Å². The number of hydrogen-bond donors (Lipinski definition) is 2. The van der Waals surface area contributed by atoms with Gasteiger partial charge in [0.2, 0.25) is 10.0 Å². The Morgan fingerprint density at radius 3 is 2.82 bits per heavy atom. The Labute approximate surface area is 136 Å². The largest absolute Gasteiger partial charge is 0.465 e. The van der Waals surface area contributed by atoms with Gasteiger partial charge in [-0.3, -0.25) is 0 Å². The maximum absolute atomic E-state index is 12.2. The number of ether oxygens (including phenoxy) is 1. The third-order valence-electron chi connectivity index (χ3n) is 2.93. The summed E-state index contributed by atoms with van der Waals surface area (Å²) in [4.78, 5) is 11.5. The van der Waals surface area contributed by atoms with Gasteiger partial charge in [-0.1, -0.05) is 0 Å². The van der Waals surface area contributed by atoms with E-state index >= 15 is 0 Å². The minimum atomic E-state index is -3.82. The molecule has 0 spiro atoms. The van der Waals surface area contributed by atoms with E-state index in [2.05, 4.69) is 9.46 Å². The lowest BCUT2D eigenvalue weighted by Gasteiger charge is -2.10. The van der Waals surface area contributed by atoms with E-state index < -0.39 is 22.1 Å². The van der Waals surface area contributed by atoms with Crippen molar-refractivity contribution in [2.24, 2.45) is 0 Å². The Balaban J connectivity index is 2.00. The highest BCUT2D eigenvalue weighted by atomic mass is 32.2. The molecule has 2 rings (SSSR count). The van der Waals surface area contributed by atoms with E-state index in [-0.39, 0.29) is 22.7 Å². The van der Waals surface area contributed by atoms with Crippen LogP contribution in [0.2, 0.25) is 0 Å². The zero-order chi connectivity index (χ0) is 16.2. The molecule has 0 aromatic carbocycles. The molecule has 0 saturated carbocycles. The maximum atomic E-state index is 12.2. The Morgan fingerprint density at radius 2 is 2.18 bits per heavy atom. The maximum Gasteiger partial charge on any atom is 0.349 e. The molecule has 120 valence electrons. The van der Waals surface area contributed by atoms with Crippen molar-refractivity contribution < 1.29 is 23.1 Å². The molecule has 9 heteroatoms. The topological polar surface area (TPSA) is 92.7 Å². The molecule has 0 bridgehead atoms. The van der Waals surface area contributed by atoms with E-state index in [1.54, 1.807) is 6.07 Å². The third-order valence-corrected chi connectivity index (χ3v) is 6.16. The lowest BCUT2D eigenvalue weighted by atomic mass is 10.1. The first-order valence-electron chi connectivity index (χ1n) is 6.31. The van der Waals surface area contributed by atoms with E-state index in [0.717, 1.165) is 16.9 Å². The molecular formula is C13H15NO5S3. The van der Waals surface area contributed by atoms with Crippen LogP contribution in [-0.4, -0.2) is 33.1 Å².